The average molecular weight is 332 g/mol. The Morgan fingerprint density at radius 2 is 1.75 bits per heavy atom. The van der Waals surface area contributed by atoms with Crippen LogP contribution in [-0.2, 0) is 4.79 Å². The number of rotatable bonds is 4. The molecule has 0 spiro atoms. The van der Waals surface area contributed by atoms with Crippen molar-refractivity contribution < 1.29 is 20.9 Å². The largest absolute Gasteiger partial charge is 0.481 e. The molecular weight excluding hydrogens is 316 g/mol. The Balaban J connectivity index is -0.0000000408. The minimum atomic E-state index is -0.703. The number of carboxylic acids is 1. The fourth-order valence-corrected chi connectivity index (χ4v) is 0.911. The molecule has 4 nitrogen and oxygen atoms in total. The zero-order valence-corrected chi connectivity index (χ0v) is 10.9. The quantitative estimate of drug-likeness (QED) is 0.768. The molecule has 0 bridgehead atoms. The topological polar surface area (TPSA) is 100 Å². The van der Waals surface area contributed by atoms with Gasteiger partial charge >= 0.3 is 5.97 Å². The summed E-state index contributed by atoms with van der Waals surface area (Å²) in [5.74, 6) is 1.05. The summed E-state index contributed by atoms with van der Waals surface area (Å²) in [6, 6.07) is 0. The Bertz CT molecular complexity index is 83.8. The zero-order chi connectivity index (χ0) is 6.41. The summed E-state index contributed by atoms with van der Waals surface area (Å²) in [6.07, 6.45) is 0.290. The first-order valence-corrected chi connectivity index (χ1v) is 3.72. The molecule has 0 radical (unpaired) electrons. The van der Waals surface area contributed by atoms with Gasteiger partial charge in [0.1, 0.15) is 0 Å². The summed E-state index contributed by atoms with van der Waals surface area (Å²) < 4.78 is 0. The first-order chi connectivity index (χ1) is 3.77. The van der Waals surface area contributed by atoms with Crippen molar-refractivity contribution in [3.8, 4) is 0 Å². The molecule has 0 rings (SSSR count). The highest BCUT2D eigenvalue weighted by Gasteiger charge is 1.93. The molecule has 0 aliphatic heterocycles. The highest BCUT2D eigenvalue weighted by Crippen LogP contribution is 1.99. The third kappa shape index (κ3) is 31.0. The Hall–Kier alpha value is 0.700. The lowest BCUT2D eigenvalue weighted by molar-refractivity contribution is -0.136. The molecule has 0 unspecified atom stereocenters. The second-order valence-electron chi connectivity index (χ2n) is 1.34. The lowest BCUT2D eigenvalue weighted by atomic mass is 10.5. The van der Waals surface area contributed by atoms with Crippen LogP contribution in [0.3, 0.4) is 0 Å². The summed E-state index contributed by atoms with van der Waals surface area (Å²) in [6.45, 7) is 2.02. The summed E-state index contributed by atoms with van der Waals surface area (Å²) in [4.78, 5) is 9.86. The van der Waals surface area contributed by atoms with Crippen LogP contribution in [0.25, 0.3) is 0 Å². The van der Waals surface area contributed by atoms with Crippen molar-refractivity contribution >= 4 is 51.7 Å². The van der Waals surface area contributed by atoms with E-state index in [2.05, 4.69) is 0 Å². The lowest BCUT2D eigenvalue weighted by Crippen LogP contribution is -1.95. The van der Waals surface area contributed by atoms with E-state index < -0.39 is 5.97 Å². The molecule has 0 aliphatic rings. The van der Waals surface area contributed by atoms with Gasteiger partial charge in [-0.05, 0) is 5.75 Å². The summed E-state index contributed by atoms with van der Waals surface area (Å²) in [5, 5.41) is 8.13. The van der Waals surface area contributed by atoms with Gasteiger partial charge in [-0.15, -0.1) is 34.0 Å². The van der Waals surface area contributed by atoms with Crippen LogP contribution < -0.4 is 0 Å². The van der Waals surface area contributed by atoms with E-state index in [1.54, 1.807) is 11.8 Å². The van der Waals surface area contributed by atoms with Crippen LogP contribution in [0.1, 0.15) is 13.3 Å². The van der Waals surface area contributed by atoms with Gasteiger partial charge in [0.25, 0.3) is 0 Å². The van der Waals surface area contributed by atoms with E-state index in [1.165, 1.54) is 0 Å². The SMILES string of the molecule is Br.Br.CCSCCC(=O)O.O.O. The molecule has 7 heteroatoms. The van der Waals surface area contributed by atoms with Crippen LogP contribution in [0.2, 0.25) is 0 Å². The number of carboxylic acid groups (broad SMARTS) is 1. The average Bonchev–Trinajstić information content (AvgIpc) is 1.66. The third-order valence-corrected chi connectivity index (χ3v) is 1.57. The number of carbonyl (C=O) groups is 1. The van der Waals surface area contributed by atoms with Crippen LogP contribution in [0, 0.1) is 0 Å². The smallest absolute Gasteiger partial charge is 0.304 e. The van der Waals surface area contributed by atoms with Gasteiger partial charge in [-0.2, -0.15) is 11.8 Å². The van der Waals surface area contributed by atoms with E-state index >= 15 is 0 Å². The Kier molecular flexibility index (Phi) is 55.2. The maximum atomic E-state index is 9.86. The van der Waals surface area contributed by atoms with Crippen molar-refractivity contribution in [2.24, 2.45) is 0 Å². The highest BCUT2D eigenvalue weighted by atomic mass is 79.9. The van der Waals surface area contributed by atoms with Crippen molar-refractivity contribution in [2.45, 2.75) is 13.3 Å². The number of hydrogen-bond acceptors (Lipinski definition) is 2. The van der Waals surface area contributed by atoms with Gasteiger partial charge in [0.05, 0.1) is 6.42 Å². The van der Waals surface area contributed by atoms with Gasteiger partial charge in [-0.1, -0.05) is 6.92 Å². The Morgan fingerprint density at radius 3 is 2.00 bits per heavy atom. The number of thioether (sulfide) groups is 1. The normalized spacial score (nSPS) is 6.08. The number of hydrogen-bond donors (Lipinski definition) is 1. The van der Waals surface area contributed by atoms with Gasteiger partial charge in [-0.3, -0.25) is 4.79 Å². The predicted molar refractivity (Wildman–Crippen MR) is 63.1 cm³/mol. The molecule has 0 saturated carbocycles. The molecular formula is C5H16Br2O4S. The van der Waals surface area contributed by atoms with E-state index in [9.17, 15) is 4.79 Å². The minimum Gasteiger partial charge on any atom is -0.481 e. The molecule has 0 saturated heterocycles. The number of halogens is 2. The van der Waals surface area contributed by atoms with Crippen LogP contribution >= 0.6 is 45.7 Å². The van der Waals surface area contributed by atoms with Crippen molar-refractivity contribution in [3.05, 3.63) is 0 Å². The summed E-state index contributed by atoms with van der Waals surface area (Å²) in [7, 11) is 0. The molecule has 5 N–H and O–H groups in total. The summed E-state index contributed by atoms with van der Waals surface area (Å²) in [5.41, 5.74) is 0. The second kappa shape index (κ2) is 22.6. The van der Waals surface area contributed by atoms with Gasteiger partial charge < -0.3 is 16.1 Å². The maximum Gasteiger partial charge on any atom is 0.304 e. The van der Waals surface area contributed by atoms with E-state index in [4.69, 9.17) is 5.11 Å². The molecule has 0 atom stereocenters. The second-order valence-corrected chi connectivity index (χ2v) is 2.73. The molecule has 0 aliphatic carbocycles. The Labute approximate surface area is 97.3 Å². The first kappa shape index (κ1) is 29.3. The first-order valence-electron chi connectivity index (χ1n) is 2.57. The van der Waals surface area contributed by atoms with Gasteiger partial charge in [0.15, 0.2) is 0 Å². The van der Waals surface area contributed by atoms with Crippen molar-refractivity contribution in [3.63, 3.8) is 0 Å². The Morgan fingerprint density at radius 1 is 1.33 bits per heavy atom. The summed E-state index contributed by atoms with van der Waals surface area (Å²) >= 11 is 1.66. The molecule has 0 heterocycles. The van der Waals surface area contributed by atoms with Crippen LogP contribution in [-0.4, -0.2) is 33.5 Å². The fraction of sp³-hybridized carbons (Fsp3) is 0.800. The molecule has 0 fully saturated rings. The van der Waals surface area contributed by atoms with Gasteiger partial charge in [0.2, 0.25) is 0 Å². The molecule has 0 amide bonds. The lowest BCUT2D eigenvalue weighted by Gasteiger charge is -1.90. The molecule has 0 aromatic rings. The highest BCUT2D eigenvalue weighted by molar-refractivity contribution is 8.93. The van der Waals surface area contributed by atoms with Crippen molar-refractivity contribution in [1.82, 2.24) is 0 Å². The van der Waals surface area contributed by atoms with E-state index in [0.29, 0.717) is 6.42 Å². The minimum absolute atomic E-state index is 0. The monoisotopic (exact) mass is 330 g/mol. The maximum absolute atomic E-state index is 9.86. The van der Waals surface area contributed by atoms with Crippen molar-refractivity contribution in [2.75, 3.05) is 11.5 Å². The van der Waals surface area contributed by atoms with Crippen LogP contribution in [0.4, 0.5) is 0 Å². The van der Waals surface area contributed by atoms with E-state index in [0.717, 1.165) is 11.5 Å². The molecule has 0 aromatic carbocycles. The third-order valence-electron chi connectivity index (χ3n) is 0.664. The standard InChI is InChI=1S/C5H10O2S.2BrH.2H2O/c1-2-8-4-3-5(6)7;;;;/h2-4H2,1H3,(H,6,7);2*1H;2*1H2. The van der Waals surface area contributed by atoms with E-state index in [1.807, 2.05) is 6.92 Å². The van der Waals surface area contributed by atoms with Crippen LogP contribution in [0.5, 0.6) is 0 Å². The van der Waals surface area contributed by atoms with Crippen molar-refractivity contribution in [1.29, 1.82) is 0 Å². The van der Waals surface area contributed by atoms with Crippen LogP contribution in [0.15, 0.2) is 0 Å². The zero-order valence-electron chi connectivity index (χ0n) is 6.70. The van der Waals surface area contributed by atoms with Gasteiger partial charge in [-0.25, -0.2) is 0 Å². The van der Waals surface area contributed by atoms with E-state index in [-0.39, 0.29) is 44.9 Å². The predicted octanol–water partition coefficient (Wildman–Crippen LogP) is 0.721. The molecule has 0 aromatic heterocycles. The fourth-order valence-electron chi connectivity index (χ4n) is 0.304. The number of aliphatic carboxylic acids is 1. The molecule has 12 heavy (non-hydrogen) atoms. The molecule has 80 valence electrons. The van der Waals surface area contributed by atoms with Gasteiger partial charge in [0, 0.05) is 5.75 Å².